The second-order valence-electron chi connectivity index (χ2n) is 5.55. The number of carbonyl (C=O) groups excluding carboxylic acids is 2. The highest BCUT2D eigenvalue weighted by Gasteiger charge is 2.20. The van der Waals surface area contributed by atoms with Crippen molar-refractivity contribution in [2.75, 3.05) is 6.61 Å². The SMILES string of the molecule is CCC(C)(C)NC(=O)COC(=O)c1cc(S(N)(=O)=O)ccc1Br. The van der Waals surface area contributed by atoms with Gasteiger partial charge in [-0.3, -0.25) is 4.79 Å². The highest BCUT2D eigenvalue weighted by molar-refractivity contribution is 9.10. The van der Waals surface area contributed by atoms with Crippen molar-refractivity contribution in [2.45, 2.75) is 37.6 Å². The lowest BCUT2D eigenvalue weighted by Gasteiger charge is -2.24. The Labute approximate surface area is 143 Å². The summed E-state index contributed by atoms with van der Waals surface area (Å²) >= 11 is 3.13. The lowest BCUT2D eigenvalue weighted by Crippen LogP contribution is -2.44. The fourth-order valence-corrected chi connectivity index (χ4v) is 2.50. The zero-order valence-corrected chi connectivity index (χ0v) is 15.5. The van der Waals surface area contributed by atoms with Crippen LogP contribution in [0.3, 0.4) is 0 Å². The van der Waals surface area contributed by atoms with Crippen LogP contribution < -0.4 is 10.5 Å². The molecule has 0 aliphatic rings. The third-order valence-electron chi connectivity index (χ3n) is 3.18. The quantitative estimate of drug-likeness (QED) is 0.695. The first kappa shape index (κ1) is 19.6. The van der Waals surface area contributed by atoms with Gasteiger partial charge in [0.2, 0.25) is 10.0 Å². The molecular formula is C14H19BrN2O5S. The van der Waals surface area contributed by atoms with Crippen molar-refractivity contribution in [1.29, 1.82) is 0 Å². The Morgan fingerprint density at radius 2 is 1.96 bits per heavy atom. The molecule has 0 unspecified atom stereocenters. The predicted molar refractivity (Wildman–Crippen MR) is 88.3 cm³/mol. The molecule has 0 saturated carbocycles. The lowest BCUT2D eigenvalue weighted by atomic mass is 10.0. The Kier molecular flexibility index (Phi) is 6.32. The van der Waals surface area contributed by atoms with E-state index >= 15 is 0 Å². The maximum Gasteiger partial charge on any atom is 0.339 e. The summed E-state index contributed by atoms with van der Waals surface area (Å²) in [6.07, 6.45) is 0.717. The molecule has 1 aromatic rings. The van der Waals surface area contributed by atoms with E-state index in [1.807, 2.05) is 20.8 Å². The van der Waals surface area contributed by atoms with Crippen LogP contribution >= 0.6 is 15.9 Å². The molecule has 0 aliphatic carbocycles. The van der Waals surface area contributed by atoms with Crippen molar-refractivity contribution in [1.82, 2.24) is 5.32 Å². The topological polar surface area (TPSA) is 116 Å². The Morgan fingerprint density at radius 3 is 2.48 bits per heavy atom. The number of rotatable bonds is 6. The van der Waals surface area contributed by atoms with Gasteiger partial charge >= 0.3 is 5.97 Å². The summed E-state index contributed by atoms with van der Waals surface area (Å²) in [6.45, 7) is 5.15. The Hall–Kier alpha value is -1.45. The number of esters is 1. The molecule has 23 heavy (non-hydrogen) atoms. The van der Waals surface area contributed by atoms with E-state index in [0.29, 0.717) is 10.9 Å². The van der Waals surface area contributed by atoms with Crippen LogP contribution in [0.2, 0.25) is 0 Å². The summed E-state index contributed by atoms with van der Waals surface area (Å²) in [5, 5.41) is 7.74. The number of sulfonamides is 1. The van der Waals surface area contributed by atoms with Crippen LogP contribution in [0.15, 0.2) is 27.6 Å². The summed E-state index contributed by atoms with van der Waals surface area (Å²) in [7, 11) is -3.94. The van der Waals surface area contributed by atoms with Gasteiger partial charge in [-0.1, -0.05) is 6.92 Å². The van der Waals surface area contributed by atoms with Crippen molar-refractivity contribution in [3.8, 4) is 0 Å². The molecule has 7 nitrogen and oxygen atoms in total. The molecule has 1 aromatic carbocycles. The molecular weight excluding hydrogens is 388 g/mol. The Bertz CT molecular complexity index is 716. The standard InChI is InChI=1S/C14H19BrN2O5S/c1-4-14(2,3)17-12(18)8-22-13(19)10-7-9(23(16,20)21)5-6-11(10)15/h5-7H,4,8H2,1-3H3,(H,17,18)(H2,16,20,21). The van der Waals surface area contributed by atoms with Crippen LogP contribution in [-0.2, 0) is 19.6 Å². The van der Waals surface area contributed by atoms with Crippen LogP contribution in [0, 0.1) is 0 Å². The third-order valence-corrected chi connectivity index (χ3v) is 4.78. The molecule has 128 valence electrons. The fraction of sp³-hybridized carbons (Fsp3) is 0.429. The molecule has 9 heteroatoms. The Balaban J connectivity index is 2.81. The Morgan fingerprint density at radius 1 is 1.35 bits per heavy atom. The highest BCUT2D eigenvalue weighted by atomic mass is 79.9. The van der Waals surface area contributed by atoms with E-state index in [2.05, 4.69) is 21.2 Å². The van der Waals surface area contributed by atoms with Gasteiger partial charge in [0, 0.05) is 10.0 Å². The van der Waals surface area contributed by atoms with E-state index in [1.54, 1.807) is 0 Å². The highest BCUT2D eigenvalue weighted by Crippen LogP contribution is 2.21. The number of ether oxygens (including phenoxy) is 1. The molecule has 0 heterocycles. The van der Waals surface area contributed by atoms with Crippen molar-refractivity contribution >= 4 is 37.8 Å². The fourth-order valence-electron chi connectivity index (χ4n) is 1.55. The molecule has 0 radical (unpaired) electrons. The molecule has 0 atom stereocenters. The van der Waals surface area contributed by atoms with Gasteiger partial charge in [-0.05, 0) is 54.4 Å². The first-order valence-corrected chi connectivity index (χ1v) is 9.10. The molecule has 0 aliphatic heterocycles. The zero-order valence-electron chi connectivity index (χ0n) is 13.1. The van der Waals surface area contributed by atoms with Gasteiger partial charge in [0.15, 0.2) is 6.61 Å². The van der Waals surface area contributed by atoms with E-state index < -0.39 is 34.0 Å². The van der Waals surface area contributed by atoms with E-state index in [4.69, 9.17) is 9.88 Å². The van der Waals surface area contributed by atoms with Crippen molar-refractivity contribution in [3.05, 3.63) is 28.2 Å². The first-order chi connectivity index (χ1) is 10.5. The number of carbonyl (C=O) groups is 2. The van der Waals surface area contributed by atoms with Gasteiger partial charge < -0.3 is 10.1 Å². The predicted octanol–water partition coefficient (Wildman–Crippen LogP) is 1.56. The molecule has 0 spiro atoms. The van der Waals surface area contributed by atoms with E-state index in [9.17, 15) is 18.0 Å². The summed E-state index contributed by atoms with van der Waals surface area (Å²) in [4.78, 5) is 23.5. The third kappa shape index (κ3) is 5.92. The van der Waals surface area contributed by atoms with Crippen LogP contribution in [0.5, 0.6) is 0 Å². The number of amides is 1. The normalized spacial score (nSPS) is 11.9. The molecule has 0 fully saturated rings. The van der Waals surface area contributed by atoms with Gasteiger partial charge in [0.25, 0.3) is 5.91 Å². The number of nitrogens with two attached hydrogens (primary N) is 1. The molecule has 0 aromatic heterocycles. The largest absolute Gasteiger partial charge is 0.452 e. The minimum Gasteiger partial charge on any atom is -0.452 e. The molecule has 3 N–H and O–H groups in total. The number of primary sulfonamides is 1. The summed E-state index contributed by atoms with van der Waals surface area (Å²) in [6, 6.07) is 3.72. The van der Waals surface area contributed by atoms with E-state index in [-0.39, 0.29) is 10.5 Å². The number of benzene rings is 1. The first-order valence-electron chi connectivity index (χ1n) is 6.77. The van der Waals surface area contributed by atoms with Gasteiger partial charge in [-0.2, -0.15) is 0 Å². The van der Waals surface area contributed by atoms with Crippen molar-refractivity contribution in [2.24, 2.45) is 5.14 Å². The van der Waals surface area contributed by atoms with Crippen LogP contribution in [0.4, 0.5) is 0 Å². The summed E-state index contributed by atoms with van der Waals surface area (Å²) in [5.74, 6) is -1.27. The summed E-state index contributed by atoms with van der Waals surface area (Å²) < 4.78 is 27.9. The number of hydrogen-bond donors (Lipinski definition) is 2. The second-order valence-corrected chi connectivity index (χ2v) is 7.96. The molecule has 1 rings (SSSR count). The van der Waals surface area contributed by atoms with Gasteiger partial charge in [0.05, 0.1) is 10.5 Å². The van der Waals surface area contributed by atoms with Crippen LogP contribution in [0.1, 0.15) is 37.6 Å². The zero-order chi connectivity index (χ0) is 17.8. The molecule has 0 saturated heterocycles. The number of hydrogen-bond acceptors (Lipinski definition) is 5. The average molecular weight is 407 g/mol. The van der Waals surface area contributed by atoms with E-state index in [0.717, 1.165) is 6.07 Å². The molecule has 1 amide bonds. The average Bonchev–Trinajstić information content (AvgIpc) is 2.43. The van der Waals surface area contributed by atoms with Crippen LogP contribution in [0.25, 0.3) is 0 Å². The lowest BCUT2D eigenvalue weighted by molar-refractivity contribution is -0.125. The van der Waals surface area contributed by atoms with Crippen molar-refractivity contribution < 1.29 is 22.7 Å². The van der Waals surface area contributed by atoms with Gasteiger partial charge in [-0.15, -0.1) is 0 Å². The maximum atomic E-state index is 12.0. The minimum absolute atomic E-state index is 0.0286. The second kappa shape index (κ2) is 7.41. The minimum atomic E-state index is -3.94. The van der Waals surface area contributed by atoms with Crippen molar-refractivity contribution in [3.63, 3.8) is 0 Å². The number of nitrogens with one attached hydrogen (secondary N) is 1. The van der Waals surface area contributed by atoms with E-state index in [1.165, 1.54) is 12.1 Å². The smallest absolute Gasteiger partial charge is 0.339 e. The van der Waals surface area contributed by atoms with Gasteiger partial charge in [-0.25, -0.2) is 18.4 Å². The monoisotopic (exact) mass is 406 g/mol. The molecule has 0 bridgehead atoms. The van der Waals surface area contributed by atoms with Crippen LogP contribution in [-0.4, -0.2) is 32.4 Å². The summed E-state index contributed by atoms with van der Waals surface area (Å²) in [5.41, 5.74) is -0.434. The maximum absolute atomic E-state index is 12.0. The van der Waals surface area contributed by atoms with Gasteiger partial charge in [0.1, 0.15) is 0 Å². The number of halogens is 1.